The smallest absolute Gasteiger partial charge is 0.338 e. The van der Waals surface area contributed by atoms with Crippen LogP contribution >= 0.6 is 11.3 Å². The van der Waals surface area contributed by atoms with E-state index >= 15 is 0 Å². The second-order valence-corrected chi connectivity index (χ2v) is 9.00. The van der Waals surface area contributed by atoms with Crippen LogP contribution in [0.4, 0.5) is 0 Å². The van der Waals surface area contributed by atoms with Gasteiger partial charge in [-0.1, -0.05) is 24.3 Å². The van der Waals surface area contributed by atoms with Crippen molar-refractivity contribution in [1.29, 1.82) is 0 Å². The van der Waals surface area contributed by atoms with E-state index in [0.29, 0.717) is 27.2 Å². The van der Waals surface area contributed by atoms with Crippen molar-refractivity contribution in [2.45, 2.75) is 12.8 Å². The van der Waals surface area contributed by atoms with Gasteiger partial charge in [-0.15, -0.1) is 11.3 Å². The van der Waals surface area contributed by atoms with Crippen molar-refractivity contribution in [3.05, 3.63) is 84.8 Å². The van der Waals surface area contributed by atoms with Gasteiger partial charge in [0.1, 0.15) is 22.0 Å². The van der Waals surface area contributed by atoms with Crippen molar-refractivity contribution in [3.8, 4) is 11.5 Å². The second kappa shape index (κ2) is 10.8. The van der Waals surface area contributed by atoms with Gasteiger partial charge in [-0.3, -0.25) is 9.36 Å². The summed E-state index contributed by atoms with van der Waals surface area (Å²) in [5.74, 6) is -1.37. The van der Waals surface area contributed by atoms with Gasteiger partial charge < -0.3 is 24.7 Å². The number of carbonyl (C=O) groups is 2. The maximum Gasteiger partial charge on any atom is 0.338 e. The lowest BCUT2D eigenvalue weighted by molar-refractivity contribution is -0.138. The van der Waals surface area contributed by atoms with Crippen LogP contribution in [0.5, 0.6) is 11.5 Å². The van der Waals surface area contributed by atoms with E-state index in [0.717, 1.165) is 11.3 Å². The Balaban J connectivity index is 2.10. The van der Waals surface area contributed by atoms with Gasteiger partial charge in [-0.05, 0) is 48.4 Å². The minimum atomic E-state index is -0.954. The minimum Gasteiger partial charge on any atom is -0.497 e. The van der Waals surface area contributed by atoms with Gasteiger partial charge >= 0.3 is 11.9 Å². The zero-order chi connectivity index (χ0) is 26.7. The number of aromatic nitrogens is 1. The summed E-state index contributed by atoms with van der Waals surface area (Å²) < 4.78 is 22.8. The number of fused-ring (bicyclic) bond motifs is 1. The zero-order valence-corrected chi connectivity index (χ0v) is 21.6. The summed E-state index contributed by atoms with van der Waals surface area (Å²) in [6.07, 6.45) is 1.67. The van der Waals surface area contributed by atoms with E-state index in [1.165, 1.54) is 18.8 Å². The van der Waals surface area contributed by atoms with Crippen molar-refractivity contribution in [1.82, 2.24) is 4.57 Å². The molecule has 0 aliphatic carbocycles. The van der Waals surface area contributed by atoms with Gasteiger partial charge in [0, 0.05) is 0 Å². The summed E-state index contributed by atoms with van der Waals surface area (Å²) in [6, 6.07) is 14.1. The maximum atomic E-state index is 13.6. The molecule has 2 aromatic carbocycles. The van der Waals surface area contributed by atoms with Crippen LogP contribution in [0.15, 0.2) is 58.9 Å². The fraction of sp³-hybridized carbons (Fsp3) is 0.222. The van der Waals surface area contributed by atoms with Gasteiger partial charge in [-0.2, -0.15) is 0 Å². The summed E-state index contributed by atoms with van der Waals surface area (Å²) in [5, 5.41) is 0. The third kappa shape index (κ3) is 4.75. The molecule has 192 valence electrons. The number of methoxy groups -OCH3 is 3. The molecule has 10 heteroatoms. The van der Waals surface area contributed by atoms with Crippen LogP contribution < -0.4 is 30.0 Å². The fourth-order valence-electron chi connectivity index (χ4n) is 4.20. The van der Waals surface area contributed by atoms with Crippen LogP contribution in [-0.2, 0) is 19.1 Å². The van der Waals surface area contributed by atoms with E-state index < -0.39 is 23.4 Å². The average Bonchev–Trinajstić information content (AvgIpc) is 3.23. The molecule has 0 radical (unpaired) electrons. The zero-order valence-electron chi connectivity index (χ0n) is 20.8. The third-order valence-electron chi connectivity index (χ3n) is 5.87. The SMILES string of the molecule is CCOC(=O)C1=C(N)n2c(s/c(=C\c3cccc(OC)c3)c2=O)=C(C(=O)OC)[C@@H]1c1cccc(OC)c1. The molecule has 9 nitrogen and oxygen atoms in total. The van der Waals surface area contributed by atoms with E-state index in [1.54, 1.807) is 62.6 Å². The lowest BCUT2D eigenvalue weighted by Crippen LogP contribution is -2.41. The molecule has 0 unspecified atom stereocenters. The number of ether oxygens (including phenoxy) is 4. The van der Waals surface area contributed by atoms with Crippen LogP contribution in [0.1, 0.15) is 24.0 Å². The van der Waals surface area contributed by atoms with Gasteiger partial charge in [0.2, 0.25) is 0 Å². The first-order valence-corrected chi connectivity index (χ1v) is 12.2. The van der Waals surface area contributed by atoms with Crippen molar-refractivity contribution >= 4 is 40.7 Å². The van der Waals surface area contributed by atoms with Crippen LogP contribution in [0.2, 0.25) is 0 Å². The second-order valence-electron chi connectivity index (χ2n) is 7.97. The van der Waals surface area contributed by atoms with Gasteiger partial charge in [0.15, 0.2) is 0 Å². The Labute approximate surface area is 216 Å². The largest absolute Gasteiger partial charge is 0.497 e. The molecule has 0 saturated heterocycles. The quantitative estimate of drug-likeness (QED) is 0.465. The molecule has 1 atom stereocenters. The molecular formula is C27H26N2O7S. The number of hydrogen-bond acceptors (Lipinski definition) is 9. The van der Waals surface area contributed by atoms with Crippen LogP contribution in [0.3, 0.4) is 0 Å². The van der Waals surface area contributed by atoms with Gasteiger partial charge in [-0.25, -0.2) is 9.59 Å². The molecule has 0 fully saturated rings. The van der Waals surface area contributed by atoms with Crippen LogP contribution in [0, 0.1) is 0 Å². The first-order chi connectivity index (χ1) is 17.8. The number of hydrogen-bond donors (Lipinski definition) is 1. The molecular weight excluding hydrogens is 496 g/mol. The molecule has 2 N–H and O–H groups in total. The number of rotatable bonds is 7. The maximum absolute atomic E-state index is 13.6. The minimum absolute atomic E-state index is 0.0316. The monoisotopic (exact) mass is 522 g/mol. The number of nitrogens with two attached hydrogens (primary N) is 1. The van der Waals surface area contributed by atoms with Crippen molar-refractivity contribution in [2.24, 2.45) is 5.73 Å². The summed E-state index contributed by atoms with van der Waals surface area (Å²) in [4.78, 5) is 40.0. The molecule has 0 saturated carbocycles. The number of esters is 2. The molecule has 37 heavy (non-hydrogen) atoms. The molecule has 1 aliphatic heterocycles. The van der Waals surface area contributed by atoms with Crippen LogP contribution in [0.25, 0.3) is 17.5 Å². The summed E-state index contributed by atoms with van der Waals surface area (Å²) in [7, 11) is 4.30. The van der Waals surface area contributed by atoms with E-state index in [2.05, 4.69) is 0 Å². The van der Waals surface area contributed by atoms with Gasteiger partial charge in [0.05, 0.1) is 49.5 Å². The highest BCUT2D eigenvalue weighted by Gasteiger charge is 2.39. The highest BCUT2D eigenvalue weighted by atomic mass is 32.1. The van der Waals surface area contributed by atoms with Crippen LogP contribution in [-0.4, -0.2) is 44.4 Å². The molecule has 1 aliphatic rings. The van der Waals surface area contributed by atoms with Crippen molar-refractivity contribution in [2.75, 3.05) is 27.9 Å². The van der Waals surface area contributed by atoms with E-state index in [4.69, 9.17) is 24.7 Å². The van der Waals surface area contributed by atoms with E-state index in [9.17, 15) is 14.4 Å². The Hall–Kier alpha value is -4.31. The van der Waals surface area contributed by atoms with Gasteiger partial charge in [0.25, 0.3) is 5.56 Å². The highest BCUT2D eigenvalue weighted by molar-refractivity contribution is 7.07. The number of carbonyl (C=O) groups excluding carboxylic acids is 2. The Morgan fingerprint density at radius 2 is 1.68 bits per heavy atom. The summed E-state index contributed by atoms with van der Waals surface area (Å²) in [6.45, 7) is 1.74. The molecule has 0 spiro atoms. The molecule has 2 heterocycles. The van der Waals surface area contributed by atoms with Crippen molar-refractivity contribution < 1.29 is 28.5 Å². The number of thiazole rings is 1. The first-order valence-electron chi connectivity index (χ1n) is 11.4. The predicted octanol–water partition coefficient (Wildman–Crippen LogP) is 1.57. The average molecular weight is 523 g/mol. The summed E-state index contributed by atoms with van der Waals surface area (Å²) >= 11 is 1.08. The highest BCUT2D eigenvalue weighted by Crippen LogP contribution is 2.38. The predicted molar refractivity (Wildman–Crippen MR) is 140 cm³/mol. The van der Waals surface area contributed by atoms with E-state index in [-0.39, 0.29) is 28.2 Å². The molecule has 0 bridgehead atoms. The lowest BCUT2D eigenvalue weighted by atomic mass is 9.83. The number of nitrogens with zero attached hydrogens (tertiary/aromatic N) is 1. The Morgan fingerprint density at radius 1 is 1.00 bits per heavy atom. The van der Waals surface area contributed by atoms with Crippen molar-refractivity contribution in [3.63, 3.8) is 0 Å². The topological polar surface area (TPSA) is 119 Å². The molecule has 0 amide bonds. The normalized spacial score (nSPS) is 15.3. The Bertz CT molecular complexity index is 1580. The Morgan fingerprint density at radius 3 is 2.32 bits per heavy atom. The number of benzene rings is 2. The third-order valence-corrected chi connectivity index (χ3v) is 6.98. The molecule has 4 rings (SSSR count). The summed E-state index contributed by atoms with van der Waals surface area (Å²) in [5.41, 5.74) is 7.35. The standard InChI is InChI=1S/C27H26N2O7S/c1-5-36-27(32)21-20(16-9-7-11-18(14-16)34-3)22(26(31)35-4)25-29(23(21)28)24(30)19(37-25)13-15-8-6-10-17(12-15)33-2/h6-14,20H,5,28H2,1-4H3/b19-13-/t20-/m1/s1. The lowest BCUT2D eigenvalue weighted by Gasteiger charge is -2.27. The first kappa shape index (κ1) is 25.8. The molecule has 1 aromatic heterocycles. The Kier molecular flexibility index (Phi) is 7.49. The molecule has 3 aromatic rings. The van der Waals surface area contributed by atoms with E-state index in [1.807, 2.05) is 6.07 Å². The fourth-order valence-corrected chi connectivity index (χ4v) is 5.37.